The summed E-state index contributed by atoms with van der Waals surface area (Å²) in [6.07, 6.45) is 2.51. The summed E-state index contributed by atoms with van der Waals surface area (Å²) >= 11 is 2.01. The van der Waals surface area contributed by atoms with Crippen molar-refractivity contribution in [3.8, 4) is 0 Å². The van der Waals surface area contributed by atoms with Crippen LogP contribution in [-0.2, 0) is 47.5 Å². The maximum absolute atomic E-state index is 13.5. The van der Waals surface area contributed by atoms with Gasteiger partial charge in [0.1, 0.15) is 17.1 Å². The number of aromatic nitrogens is 4. The fourth-order valence-electron chi connectivity index (χ4n) is 5.29. The average Bonchev–Trinajstić information content (AvgIpc) is 3.67. The van der Waals surface area contributed by atoms with E-state index in [1.165, 1.54) is 30.5 Å². The lowest BCUT2D eigenvalue weighted by Crippen LogP contribution is -2.71. The van der Waals surface area contributed by atoms with E-state index in [1.807, 2.05) is 4.68 Å². The van der Waals surface area contributed by atoms with Gasteiger partial charge < -0.3 is 62.6 Å². The first-order valence-electron chi connectivity index (χ1n) is 15.6. The molecule has 2 atom stereocenters. The predicted octanol–water partition coefficient (Wildman–Crippen LogP) is -4.20. The number of hydrogen-bond donors (Lipinski definition) is 9. The van der Waals surface area contributed by atoms with Crippen LogP contribution in [0.3, 0.4) is 0 Å². The van der Waals surface area contributed by atoms with Crippen LogP contribution in [-0.4, -0.2) is 130 Å². The minimum absolute atomic E-state index is 0. The van der Waals surface area contributed by atoms with E-state index in [4.69, 9.17) is 50.7 Å². The van der Waals surface area contributed by atoms with E-state index >= 15 is 0 Å². The Bertz CT molecular complexity index is 2070. The van der Waals surface area contributed by atoms with Crippen LogP contribution >= 0.6 is 23.3 Å². The number of nitrogens with two attached hydrogens (primary N) is 4. The zero-order valence-electron chi connectivity index (χ0n) is 29.9. The maximum Gasteiger partial charge on any atom is 1.00 e. The predicted molar refractivity (Wildman–Crippen MR) is 193 cm³/mol. The van der Waals surface area contributed by atoms with Crippen LogP contribution in [0, 0.1) is 5.41 Å². The number of carbonyl (C=O) groups is 4. The summed E-state index contributed by atoms with van der Waals surface area (Å²) in [7, 11) is -5.17. The summed E-state index contributed by atoms with van der Waals surface area (Å²) in [5.74, 6) is -4.07. The van der Waals surface area contributed by atoms with Gasteiger partial charge in [-0.2, -0.15) is 9.36 Å². The van der Waals surface area contributed by atoms with Crippen molar-refractivity contribution in [1.82, 2.24) is 24.3 Å². The minimum atomic E-state index is -5.17. The SMILES string of the molecule is CC(C)(ON=C(C(=O)N[C@@H]1C(=O)N2C(C(=O)O)=C(C[n+]3cc(N(CCN=C(N)N)C(=N)N)c4n3CCCN4)CS[C@H]12)c1nsc(N)n1)C(=O)O.O=S(=O)([O-])[O-].[H+]. The van der Waals surface area contributed by atoms with Gasteiger partial charge >= 0.3 is 13.4 Å². The quantitative estimate of drug-likeness (QED) is 0.0176. The number of amides is 2. The smallest absolute Gasteiger partial charge is 0.759 e. The van der Waals surface area contributed by atoms with Gasteiger partial charge in [0.15, 0.2) is 35.1 Å². The first kappa shape index (κ1) is 42.0. The van der Waals surface area contributed by atoms with Gasteiger partial charge in [-0.05, 0) is 20.3 Å². The monoisotopic (exact) mass is 831 g/mol. The van der Waals surface area contributed by atoms with Crippen LogP contribution in [0.2, 0.25) is 0 Å². The molecule has 300 valence electrons. The Morgan fingerprint density at radius 3 is 2.53 bits per heavy atom. The number of β-lactam (4-membered cyclic amide) rings is 1. The van der Waals surface area contributed by atoms with Crippen molar-refractivity contribution in [2.45, 2.75) is 50.4 Å². The van der Waals surface area contributed by atoms with Gasteiger partial charge in [-0.15, -0.1) is 21.1 Å². The molecule has 0 bridgehead atoms. The van der Waals surface area contributed by atoms with E-state index in [-0.39, 0.29) is 55.4 Å². The average molecular weight is 832 g/mol. The van der Waals surface area contributed by atoms with E-state index in [0.29, 0.717) is 30.2 Å². The molecule has 1 saturated heterocycles. The van der Waals surface area contributed by atoms with Crippen molar-refractivity contribution in [1.29, 1.82) is 5.41 Å². The van der Waals surface area contributed by atoms with Crippen LogP contribution in [0.4, 0.5) is 16.6 Å². The Morgan fingerprint density at radius 1 is 1.29 bits per heavy atom. The number of guanidine groups is 2. The van der Waals surface area contributed by atoms with E-state index in [2.05, 4.69) is 30.1 Å². The number of anilines is 3. The van der Waals surface area contributed by atoms with Gasteiger partial charge in [0, 0.05) is 46.3 Å². The Hall–Kier alpha value is -5.78. The van der Waals surface area contributed by atoms with Crippen molar-refractivity contribution in [3.05, 3.63) is 23.3 Å². The summed E-state index contributed by atoms with van der Waals surface area (Å²) in [6, 6.07) is -1.16. The molecule has 1 fully saturated rings. The molecular weight excluding hydrogens is 795 g/mol. The lowest BCUT2D eigenvalue weighted by Gasteiger charge is -2.49. The van der Waals surface area contributed by atoms with Crippen molar-refractivity contribution in [2.24, 2.45) is 27.3 Å². The number of thioether (sulfide) groups is 1. The van der Waals surface area contributed by atoms with Gasteiger partial charge in [0.2, 0.25) is 23.3 Å². The van der Waals surface area contributed by atoms with Gasteiger partial charge in [0.25, 0.3) is 11.8 Å². The minimum Gasteiger partial charge on any atom is -0.759 e. The standard InChI is InChI=1S/C26H35N15O7S2.H2O4S/c1-26(2,22(46)47)48-36-13(16-35-25(31)50-37-16)18(42)34-14-19(43)41-15(21(44)45)11(10-49-20(14)41)8-38-9-12(17-32-4-3-6-40(17)38)39(24(29)30)7-5-33-23(27)28;1-5(2,3)4/h9,14,20H,3-8,10H2,1-2H3,(H12,27,28,29,30,31,33,34,35,37,42,44,45,46,47);(H2,1,2,3,4)/t14-,20-;/m1./s1. The summed E-state index contributed by atoms with van der Waals surface area (Å²) in [6.45, 7) is 4.13. The lowest BCUT2D eigenvalue weighted by molar-refractivity contribution is -0.767. The number of rotatable bonds is 13. The molecule has 0 aliphatic carbocycles. The number of nitrogen functional groups attached to an aromatic ring is 1. The number of aliphatic imine (C=N–C) groups is 1. The molecule has 3 aliphatic rings. The largest absolute Gasteiger partial charge is 1.00 e. The molecule has 3 aliphatic heterocycles. The third kappa shape index (κ3) is 10.1. The molecule has 0 spiro atoms. The van der Waals surface area contributed by atoms with Crippen LogP contribution in [0.25, 0.3) is 0 Å². The van der Waals surface area contributed by atoms with Crippen molar-refractivity contribution < 1.29 is 57.9 Å². The highest BCUT2D eigenvalue weighted by Gasteiger charge is 2.55. The Balaban J connectivity index is 0.00000132. The van der Waals surface area contributed by atoms with E-state index in [9.17, 15) is 29.4 Å². The number of carboxylic acids is 2. The van der Waals surface area contributed by atoms with Gasteiger partial charge in [-0.1, -0.05) is 5.16 Å². The molecule has 29 heteroatoms. The molecule has 5 rings (SSSR count). The second kappa shape index (κ2) is 16.7. The number of hydrogen-bond acceptors (Lipinski definition) is 18. The highest BCUT2D eigenvalue weighted by Crippen LogP contribution is 2.40. The molecule has 2 aromatic heterocycles. The number of carboxylic acid groups (broad SMARTS) is 2. The molecule has 5 heterocycles. The van der Waals surface area contributed by atoms with Gasteiger partial charge in [-0.25, -0.2) is 9.59 Å². The first-order valence-corrected chi connectivity index (χ1v) is 18.8. The Kier molecular flexibility index (Phi) is 12.7. The summed E-state index contributed by atoms with van der Waals surface area (Å²) in [5.41, 5.74) is 20.9. The highest BCUT2D eigenvalue weighted by atomic mass is 32.3. The summed E-state index contributed by atoms with van der Waals surface area (Å²) < 4.78 is 41.7. The number of aliphatic carboxylic acids is 2. The third-order valence-electron chi connectivity index (χ3n) is 7.76. The number of oxime groups is 1. The topological polar surface area (TPSA) is 416 Å². The van der Waals surface area contributed by atoms with Crippen LogP contribution in [0.5, 0.6) is 0 Å². The highest BCUT2D eigenvalue weighted by molar-refractivity contribution is 8.00. The fraction of sp³-hybridized carbons (Fsp3) is 0.462. The molecule has 0 saturated carbocycles. The summed E-state index contributed by atoms with van der Waals surface area (Å²) in [4.78, 5) is 66.6. The second-order valence-electron chi connectivity index (χ2n) is 12.0. The molecule has 2 amide bonds. The van der Waals surface area contributed by atoms with Gasteiger partial charge in [-0.3, -0.25) is 33.3 Å². The second-order valence-corrected chi connectivity index (χ2v) is 14.7. The maximum atomic E-state index is 13.5. The van der Waals surface area contributed by atoms with Crippen LogP contribution < -0.4 is 43.1 Å². The molecule has 55 heavy (non-hydrogen) atoms. The van der Waals surface area contributed by atoms with E-state index < -0.39 is 56.9 Å². The zero-order chi connectivity index (χ0) is 41.0. The van der Waals surface area contributed by atoms with E-state index in [0.717, 1.165) is 22.9 Å². The normalized spacial score (nSPS) is 18.0. The number of carbonyl (C=O) groups excluding carboxylic acids is 2. The number of fused-ring (bicyclic) bond motifs is 2. The molecular formula is C26H37N15O11S3. The summed E-state index contributed by atoms with van der Waals surface area (Å²) in [5, 5.41) is 36.6. The molecule has 0 radical (unpaired) electrons. The van der Waals surface area contributed by atoms with Gasteiger partial charge in [0.05, 0.1) is 13.1 Å². The fourth-order valence-corrected chi connectivity index (χ4v) is 7.06. The van der Waals surface area contributed by atoms with Crippen molar-refractivity contribution in [3.63, 3.8) is 0 Å². The first-order chi connectivity index (χ1) is 25.6. The molecule has 2 aromatic rings. The number of nitrogens with one attached hydrogen (secondary N) is 3. The number of nitrogens with zero attached hydrogens (tertiary/aromatic N) is 8. The van der Waals surface area contributed by atoms with Crippen LogP contribution in [0.15, 0.2) is 27.6 Å². The Morgan fingerprint density at radius 2 is 1.96 bits per heavy atom. The molecule has 13 N–H and O–H groups in total. The molecule has 0 aromatic carbocycles. The Labute approximate surface area is 320 Å². The van der Waals surface area contributed by atoms with Crippen LogP contribution in [0.1, 0.15) is 27.5 Å². The zero-order valence-corrected chi connectivity index (χ0v) is 31.3. The lowest BCUT2D eigenvalue weighted by atomic mass is 10.0. The van der Waals surface area contributed by atoms with Crippen molar-refractivity contribution >= 4 is 91.7 Å². The molecule has 0 unspecified atom stereocenters. The van der Waals surface area contributed by atoms with Crippen molar-refractivity contribution in [2.75, 3.05) is 41.3 Å². The third-order valence-corrected chi connectivity index (χ3v) is 9.64. The van der Waals surface area contributed by atoms with E-state index in [1.54, 1.807) is 10.9 Å². The molecule has 26 nitrogen and oxygen atoms in total.